The number of ether oxygens (including phenoxy) is 2. The van der Waals surface area contributed by atoms with Gasteiger partial charge in [-0.3, -0.25) is 9.36 Å². The molecule has 1 amide bonds. The number of benzene rings is 2. The number of anilines is 1. The van der Waals surface area contributed by atoms with Crippen LogP contribution < -0.4 is 14.4 Å². The molecule has 0 atom stereocenters. The molecule has 156 valence electrons. The lowest BCUT2D eigenvalue weighted by molar-refractivity contribution is -0.133. The first-order chi connectivity index (χ1) is 14.6. The minimum atomic E-state index is -0.0271. The Morgan fingerprint density at radius 1 is 1.07 bits per heavy atom. The Bertz CT molecular complexity index is 998. The summed E-state index contributed by atoms with van der Waals surface area (Å²) in [6.07, 6.45) is 3.72. The molecule has 1 saturated heterocycles. The summed E-state index contributed by atoms with van der Waals surface area (Å²) in [5.41, 5.74) is 0.983. The predicted octanol–water partition coefficient (Wildman–Crippen LogP) is 3.26. The van der Waals surface area contributed by atoms with Gasteiger partial charge in [-0.2, -0.15) is 0 Å². The second kappa shape index (κ2) is 9.09. The SMILES string of the molecule is COc1cccc(-n2ccnc2N2CCN(C(=O)COc3ccc(Cl)cc3)CC2)c1. The first kappa shape index (κ1) is 20.1. The standard InChI is InChI=1S/C22H23ClN4O3/c1-29-20-4-2-3-18(15-20)27-10-9-24-22(27)26-13-11-25(12-14-26)21(28)16-30-19-7-5-17(23)6-8-19/h2-10,15H,11-14,16H2,1H3. The van der Waals surface area contributed by atoms with E-state index in [9.17, 15) is 4.79 Å². The minimum Gasteiger partial charge on any atom is -0.497 e. The van der Waals surface area contributed by atoms with E-state index in [-0.39, 0.29) is 12.5 Å². The number of nitrogens with zero attached hydrogens (tertiary/aromatic N) is 4. The van der Waals surface area contributed by atoms with Crippen molar-refractivity contribution in [1.29, 1.82) is 0 Å². The smallest absolute Gasteiger partial charge is 0.260 e. The number of piperazine rings is 1. The Hall–Kier alpha value is -3.19. The lowest BCUT2D eigenvalue weighted by Gasteiger charge is -2.35. The second-order valence-corrected chi connectivity index (χ2v) is 7.35. The average Bonchev–Trinajstić information content (AvgIpc) is 3.29. The monoisotopic (exact) mass is 426 g/mol. The molecule has 0 bridgehead atoms. The van der Waals surface area contributed by atoms with Crippen molar-refractivity contribution >= 4 is 23.5 Å². The van der Waals surface area contributed by atoms with Crippen LogP contribution in [0.3, 0.4) is 0 Å². The van der Waals surface area contributed by atoms with Crippen molar-refractivity contribution in [3.8, 4) is 17.2 Å². The van der Waals surface area contributed by atoms with Crippen molar-refractivity contribution in [2.24, 2.45) is 0 Å². The molecule has 3 aromatic rings. The van der Waals surface area contributed by atoms with Crippen LogP contribution in [0.15, 0.2) is 60.9 Å². The van der Waals surface area contributed by atoms with Crippen LogP contribution in [0.5, 0.6) is 11.5 Å². The molecule has 0 saturated carbocycles. The van der Waals surface area contributed by atoms with E-state index in [0.29, 0.717) is 37.0 Å². The van der Waals surface area contributed by atoms with Gasteiger partial charge < -0.3 is 19.3 Å². The quantitative estimate of drug-likeness (QED) is 0.605. The molecule has 1 aromatic heterocycles. The van der Waals surface area contributed by atoms with E-state index in [1.807, 2.05) is 39.9 Å². The zero-order chi connectivity index (χ0) is 20.9. The van der Waals surface area contributed by atoms with E-state index in [0.717, 1.165) is 17.4 Å². The summed E-state index contributed by atoms with van der Waals surface area (Å²) in [5.74, 6) is 2.25. The van der Waals surface area contributed by atoms with Gasteiger partial charge in [0.05, 0.1) is 12.8 Å². The lowest BCUT2D eigenvalue weighted by Crippen LogP contribution is -2.50. The highest BCUT2D eigenvalue weighted by Crippen LogP contribution is 2.23. The van der Waals surface area contributed by atoms with Gasteiger partial charge in [0.1, 0.15) is 11.5 Å². The number of carbonyl (C=O) groups is 1. The number of halogens is 1. The highest BCUT2D eigenvalue weighted by molar-refractivity contribution is 6.30. The maximum Gasteiger partial charge on any atom is 0.260 e. The van der Waals surface area contributed by atoms with Crippen molar-refractivity contribution in [3.05, 3.63) is 65.9 Å². The molecule has 1 fully saturated rings. The fourth-order valence-electron chi connectivity index (χ4n) is 3.41. The molecule has 2 aromatic carbocycles. The zero-order valence-electron chi connectivity index (χ0n) is 16.7. The van der Waals surface area contributed by atoms with Crippen LogP contribution >= 0.6 is 11.6 Å². The van der Waals surface area contributed by atoms with E-state index in [1.165, 1.54) is 0 Å². The van der Waals surface area contributed by atoms with Gasteiger partial charge >= 0.3 is 0 Å². The van der Waals surface area contributed by atoms with Crippen molar-refractivity contribution in [1.82, 2.24) is 14.5 Å². The topological polar surface area (TPSA) is 59.8 Å². The number of hydrogen-bond donors (Lipinski definition) is 0. The van der Waals surface area contributed by atoms with E-state index >= 15 is 0 Å². The third-order valence-electron chi connectivity index (χ3n) is 5.04. The number of aromatic nitrogens is 2. The molecule has 0 unspecified atom stereocenters. The van der Waals surface area contributed by atoms with Crippen LogP contribution in [0.25, 0.3) is 5.69 Å². The third kappa shape index (κ3) is 4.52. The van der Waals surface area contributed by atoms with E-state index in [1.54, 1.807) is 37.6 Å². The first-order valence-electron chi connectivity index (χ1n) is 9.73. The van der Waals surface area contributed by atoms with Crippen LogP contribution in [-0.2, 0) is 4.79 Å². The fraction of sp³-hybridized carbons (Fsp3) is 0.273. The number of imidazole rings is 1. The van der Waals surface area contributed by atoms with Crippen molar-refractivity contribution < 1.29 is 14.3 Å². The van der Waals surface area contributed by atoms with Gasteiger partial charge in [0.2, 0.25) is 5.95 Å². The van der Waals surface area contributed by atoms with Gasteiger partial charge in [-0.25, -0.2) is 4.98 Å². The van der Waals surface area contributed by atoms with Gasteiger partial charge in [0.15, 0.2) is 6.61 Å². The van der Waals surface area contributed by atoms with Crippen molar-refractivity contribution in [2.75, 3.05) is 44.8 Å². The van der Waals surface area contributed by atoms with Crippen LogP contribution in [0.1, 0.15) is 0 Å². The molecule has 1 aliphatic heterocycles. The summed E-state index contributed by atoms with van der Waals surface area (Å²) in [7, 11) is 1.65. The van der Waals surface area contributed by atoms with Crippen LogP contribution in [0, 0.1) is 0 Å². The Balaban J connectivity index is 1.35. The molecule has 0 N–H and O–H groups in total. The fourth-order valence-corrected chi connectivity index (χ4v) is 3.54. The van der Waals surface area contributed by atoms with E-state index in [4.69, 9.17) is 21.1 Å². The largest absolute Gasteiger partial charge is 0.497 e. The average molecular weight is 427 g/mol. The predicted molar refractivity (Wildman–Crippen MR) is 116 cm³/mol. The molecule has 1 aliphatic rings. The number of rotatable bonds is 6. The Morgan fingerprint density at radius 2 is 1.83 bits per heavy atom. The number of carbonyl (C=O) groups excluding carboxylic acids is 1. The number of methoxy groups -OCH3 is 1. The zero-order valence-corrected chi connectivity index (χ0v) is 17.5. The normalized spacial score (nSPS) is 13.9. The summed E-state index contributed by atoms with van der Waals surface area (Å²) < 4.78 is 12.9. The van der Waals surface area contributed by atoms with Gasteiger partial charge in [-0.1, -0.05) is 17.7 Å². The number of amides is 1. The Kier molecular flexibility index (Phi) is 6.09. The molecule has 8 heteroatoms. The molecule has 2 heterocycles. The summed E-state index contributed by atoms with van der Waals surface area (Å²) >= 11 is 5.87. The molecular formula is C22H23ClN4O3. The number of hydrogen-bond acceptors (Lipinski definition) is 5. The van der Waals surface area contributed by atoms with Gasteiger partial charge in [0, 0.05) is 49.7 Å². The minimum absolute atomic E-state index is 0.0140. The third-order valence-corrected chi connectivity index (χ3v) is 5.30. The van der Waals surface area contributed by atoms with Crippen LogP contribution in [0.2, 0.25) is 5.02 Å². The first-order valence-corrected chi connectivity index (χ1v) is 10.1. The molecule has 4 rings (SSSR count). The summed E-state index contributed by atoms with van der Waals surface area (Å²) in [5, 5.41) is 0.636. The molecule has 0 radical (unpaired) electrons. The van der Waals surface area contributed by atoms with Gasteiger partial charge in [-0.15, -0.1) is 0 Å². The Morgan fingerprint density at radius 3 is 2.57 bits per heavy atom. The van der Waals surface area contributed by atoms with Crippen LogP contribution in [0.4, 0.5) is 5.95 Å². The summed E-state index contributed by atoms with van der Waals surface area (Å²) in [6.45, 7) is 2.66. The van der Waals surface area contributed by atoms with Crippen molar-refractivity contribution in [2.45, 2.75) is 0 Å². The lowest BCUT2D eigenvalue weighted by atomic mass is 10.3. The van der Waals surface area contributed by atoms with Crippen LogP contribution in [-0.4, -0.2) is 60.3 Å². The Labute approximate surface area is 180 Å². The molecule has 7 nitrogen and oxygen atoms in total. The van der Waals surface area contributed by atoms with Crippen molar-refractivity contribution in [3.63, 3.8) is 0 Å². The summed E-state index contributed by atoms with van der Waals surface area (Å²) in [6, 6.07) is 14.8. The van der Waals surface area contributed by atoms with Gasteiger partial charge in [-0.05, 0) is 36.4 Å². The highest BCUT2D eigenvalue weighted by Gasteiger charge is 2.24. The summed E-state index contributed by atoms with van der Waals surface area (Å²) in [4.78, 5) is 21.1. The molecule has 0 spiro atoms. The molecular weight excluding hydrogens is 404 g/mol. The van der Waals surface area contributed by atoms with Gasteiger partial charge in [0.25, 0.3) is 5.91 Å². The maximum atomic E-state index is 12.5. The van der Waals surface area contributed by atoms with E-state index in [2.05, 4.69) is 9.88 Å². The molecule has 30 heavy (non-hydrogen) atoms. The second-order valence-electron chi connectivity index (χ2n) is 6.91. The van der Waals surface area contributed by atoms with E-state index < -0.39 is 0 Å². The maximum absolute atomic E-state index is 12.5. The highest BCUT2D eigenvalue weighted by atomic mass is 35.5. The molecule has 0 aliphatic carbocycles.